The minimum atomic E-state index is 0.485. The number of amidine groups is 1. The van der Waals surface area contributed by atoms with Crippen LogP contribution in [0.15, 0.2) is 35.3 Å². The molecule has 2 unspecified atom stereocenters. The average molecular weight is 290 g/mol. The Labute approximate surface area is 127 Å². The van der Waals surface area contributed by atoms with Crippen LogP contribution >= 0.6 is 11.8 Å². The van der Waals surface area contributed by atoms with Gasteiger partial charge in [-0.25, -0.2) is 0 Å². The Morgan fingerprint density at radius 1 is 1.25 bits per heavy atom. The largest absolute Gasteiger partial charge is 0.362 e. The van der Waals surface area contributed by atoms with Gasteiger partial charge in [0.15, 0.2) is 5.17 Å². The fourth-order valence-electron chi connectivity index (χ4n) is 2.47. The zero-order valence-corrected chi connectivity index (χ0v) is 13.6. The predicted molar refractivity (Wildman–Crippen MR) is 90.5 cm³/mol. The summed E-state index contributed by atoms with van der Waals surface area (Å²) in [6.45, 7) is 6.80. The monoisotopic (exact) mass is 290 g/mol. The predicted octanol–water partition coefficient (Wildman–Crippen LogP) is 4.11. The summed E-state index contributed by atoms with van der Waals surface area (Å²) in [7, 11) is 0. The molecule has 0 spiro atoms. The van der Waals surface area contributed by atoms with Gasteiger partial charge in [0, 0.05) is 11.8 Å². The Morgan fingerprint density at radius 2 is 2.00 bits per heavy atom. The van der Waals surface area contributed by atoms with Crippen molar-refractivity contribution in [1.29, 1.82) is 0 Å². The highest BCUT2D eigenvalue weighted by Gasteiger charge is 2.20. The number of nitrogens with one attached hydrogen (secondary N) is 1. The van der Waals surface area contributed by atoms with E-state index in [0.29, 0.717) is 12.1 Å². The number of hydrogen-bond donors (Lipinski definition) is 1. The molecule has 1 aliphatic rings. The third kappa shape index (κ3) is 5.20. The van der Waals surface area contributed by atoms with Crippen molar-refractivity contribution in [3.63, 3.8) is 0 Å². The molecule has 0 saturated carbocycles. The van der Waals surface area contributed by atoms with Gasteiger partial charge in [0.2, 0.25) is 0 Å². The van der Waals surface area contributed by atoms with Gasteiger partial charge in [-0.05, 0) is 37.7 Å². The van der Waals surface area contributed by atoms with Crippen molar-refractivity contribution in [2.24, 2.45) is 10.9 Å². The van der Waals surface area contributed by atoms with E-state index in [9.17, 15) is 0 Å². The highest BCUT2D eigenvalue weighted by molar-refractivity contribution is 8.14. The fraction of sp³-hybridized carbons (Fsp3) is 0.588. The Morgan fingerprint density at radius 3 is 2.70 bits per heavy atom. The Hall–Kier alpha value is -0.960. The zero-order chi connectivity index (χ0) is 14.4. The van der Waals surface area contributed by atoms with Crippen LogP contribution in [0.4, 0.5) is 0 Å². The molecule has 0 aliphatic carbocycles. The van der Waals surface area contributed by atoms with E-state index in [1.807, 2.05) is 11.8 Å². The molecule has 1 aromatic rings. The molecule has 0 saturated heterocycles. The van der Waals surface area contributed by atoms with Crippen molar-refractivity contribution < 1.29 is 0 Å². The van der Waals surface area contributed by atoms with E-state index in [4.69, 9.17) is 4.99 Å². The molecule has 2 atom stereocenters. The van der Waals surface area contributed by atoms with Crippen LogP contribution in [0.25, 0.3) is 0 Å². The lowest BCUT2D eigenvalue weighted by atomic mass is 10.1. The number of benzene rings is 1. The topological polar surface area (TPSA) is 24.4 Å². The standard InChI is InChI=1S/C17H26N2S/c1-13(2)11-16-12-20-17(19-16)18-14(3)9-10-15-7-5-4-6-8-15/h4-8,13-14,16H,9-12H2,1-3H3,(H,18,19). The SMILES string of the molecule is CC(C)CC1CSC(NC(C)CCc2ccccc2)=N1. The molecule has 1 N–H and O–H groups in total. The maximum absolute atomic E-state index is 4.79. The average Bonchev–Trinajstić information content (AvgIpc) is 2.84. The van der Waals surface area contributed by atoms with Crippen molar-refractivity contribution in [3.05, 3.63) is 35.9 Å². The lowest BCUT2D eigenvalue weighted by Crippen LogP contribution is -2.30. The Bertz CT molecular complexity index is 428. The summed E-state index contributed by atoms with van der Waals surface area (Å²) in [5.74, 6) is 1.88. The van der Waals surface area contributed by atoms with Gasteiger partial charge < -0.3 is 5.32 Å². The van der Waals surface area contributed by atoms with Crippen molar-refractivity contribution in [1.82, 2.24) is 5.32 Å². The smallest absolute Gasteiger partial charge is 0.157 e. The van der Waals surface area contributed by atoms with Gasteiger partial charge in [-0.2, -0.15) is 0 Å². The van der Waals surface area contributed by atoms with E-state index in [0.717, 1.165) is 29.7 Å². The molecule has 20 heavy (non-hydrogen) atoms. The van der Waals surface area contributed by atoms with Crippen LogP contribution in [0, 0.1) is 5.92 Å². The second-order valence-electron chi connectivity index (χ2n) is 6.10. The number of aliphatic imine (C=N–C) groups is 1. The van der Waals surface area contributed by atoms with Crippen molar-refractivity contribution >= 4 is 16.9 Å². The summed E-state index contributed by atoms with van der Waals surface area (Å²) >= 11 is 1.88. The van der Waals surface area contributed by atoms with Crippen molar-refractivity contribution in [3.8, 4) is 0 Å². The van der Waals surface area contributed by atoms with Gasteiger partial charge in [0.05, 0.1) is 6.04 Å². The van der Waals surface area contributed by atoms with E-state index in [-0.39, 0.29) is 0 Å². The van der Waals surface area contributed by atoms with Crippen molar-refractivity contribution in [2.45, 2.75) is 52.1 Å². The van der Waals surface area contributed by atoms with Crippen LogP contribution in [-0.4, -0.2) is 23.0 Å². The maximum Gasteiger partial charge on any atom is 0.157 e. The van der Waals surface area contributed by atoms with Crippen molar-refractivity contribution in [2.75, 3.05) is 5.75 Å². The van der Waals surface area contributed by atoms with Gasteiger partial charge in [-0.15, -0.1) is 0 Å². The summed E-state index contributed by atoms with van der Waals surface area (Å²) in [6.07, 6.45) is 3.48. The molecule has 0 radical (unpaired) electrons. The Balaban J connectivity index is 1.73. The molecule has 2 rings (SSSR count). The molecule has 1 aromatic carbocycles. The summed E-state index contributed by atoms with van der Waals surface area (Å²) in [6, 6.07) is 11.7. The third-order valence-corrected chi connectivity index (χ3v) is 4.58. The fourth-order valence-corrected chi connectivity index (χ4v) is 3.54. The Kier molecular flexibility index (Phi) is 5.96. The second-order valence-corrected chi connectivity index (χ2v) is 7.11. The first-order valence-electron chi connectivity index (χ1n) is 7.64. The maximum atomic E-state index is 4.79. The summed E-state index contributed by atoms with van der Waals surface area (Å²) in [5, 5.41) is 4.71. The number of nitrogens with zero attached hydrogens (tertiary/aromatic N) is 1. The van der Waals surface area contributed by atoms with E-state index < -0.39 is 0 Å². The molecular weight excluding hydrogens is 264 g/mol. The first kappa shape index (κ1) is 15.4. The van der Waals surface area contributed by atoms with Gasteiger partial charge in [-0.1, -0.05) is 55.9 Å². The summed E-state index contributed by atoms with van der Waals surface area (Å²) in [5.41, 5.74) is 1.42. The number of hydrogen-bond acceptors (Lipinski definition) is 3. The first-order chi connectivity index (χ1) is 9.63. The second kappa shape index (κ2) is 7.72. The van der Waals surface area contributed by atoms with Gasteiger partial charge in [0.25, 0.3) is 0 Å². The molecular formula is C17H26N2S. The summed E-state index contributed by atoms with van der Waals surface area (Å²) < 4.78 is 0. The molecule has 1 aliphatic heterocycles. The van der Waals surface area contributed by atoms with Crippen LogP contribution in [0.2, 0.25) is 0 Å². The minimum absolute atomic E-state index is 0.485. The molecule has 0 amide bonds. The summed E-state index contributed by atoms with van der Waals surface area (Å²) in [4.78, 5) is 4.79. The number of thioether (sulfide) groups is 1. The van der Waals surface area contributed by atoms with E-state index in [1.165, 1.54) is 12.0 Å². The molecule has 1 heterocycles. The number of aryl methyl sites for hydroxylation is 1. The molecule has 0 bridgehead atoms. The van der Waals surface area contributed by atoms with Gasteiger partial charge >= 0.3 is 0 Å². The quantitative estimate of drug-likeness (QED) is 0.852. The lowest BCUT2D eigenvalue weighted by molar-refractivity contribution is 0.527. The third-order valence-electron chi connectivity index (χ3n) is 3.53. The van der Waals surface area contributed by atoms with Gasteiger partial charge in [0.1, 0.15) is 0 Å². The zero-order valence-electron chi connectivity index (χ0n) is 12.8. The van der Waals surface area contributed by atoms with E-state index in [1.54, 1.807) is 0 Å². The van der Waals surface area contributed by atoms with E-state index >= 15 is 0 Å². The molecule has 3 heteroatoms. The molecule has 0 fully saturated rings. The van der Waals surface area contributed by atoms with Crippen LogP contribution < -0.4 is 5.32 Å². The highest BCUT2D eigenvalue weighted by atomic mass is 32.2. The highest BCUT2D eigenvalue weighted by Crippen LogP contribution is 2.22. The van der Waals surface area contributed by atoms with Gasteiger partial charge in [-0.3, -0.25) is 4.99 Å². The number of rotatable bonds is 6. The molecule has 0 aromatic heterocycles. The molecule has 2 nitrogen and oxygen atoms in total. The van der Waals surface area contributed by atoms with Crippen LogP contribution in [0.3, 0.4) is 0 Å². The first-order valence-corrected chi connectivity index (χ1v) is 8.63. The minimum Gasteiger partial charge on any atom is -0.362 e. The van der Waals surface area contributed by atoms with Crippen LogP contribution in [0.1, 0.15) is 39.2 Å². The normalized spacial score (nSPS) is 20.0. The molecule has 110 valence electrons. The van der Waals surface area contributed by atoms with Crippen LogP contribution in [-0.2, 0) is 6.42 Å². The lowest BCUT2D eigenvalue weighted by Gasteiger charge is -2.14. The van der Waals surface area contributed by atoms with Crippen LogP contribution in [0.5, 0.6) is 0 Å². The van der Waals surface area contributed by atoms with E-state index in [2.05, 4.69) is 56.4 Å².